The first kappa shape index (κ1) is 16.5. The number of hydrazone groups is 1. The maximum absolute atomic E-state index is 13.3. The molecule has 0 unspecified atom stereocenters. The van der Waals surface area contributed by atoms with Gasteiger partial charge in [0.1, 0.15) is 11.6 Å². The topological polar surface area (TPSA) is 73.7 Å². The fourth-order valence-electron chi connectivity index (χ4n) is 1.98. The van der Waals surface area contributed by atoms with Crippen molar-refractivity contribution in [1.29, 1.82) is 0 Å². The van der Waals surface area contributed by atoms with Crippen LogP contribution < -0.4 is 10.7 Å². The number of halogens is 1. The van der Waals surface area contributed by atoms with Gasteiger partial charge in [-0.2, -0.15) is 5.10 Å². The van der Waals surface area contributed by atoms with E-state index < -0.39 is 5.82 Å². The first-order chi connectivity index (χ1) is 11.1. The Balaban J connectivity index is 1.99. The first-order valence-corrected chi connectivity index (χ1v) is 7.23. The average Bonchev–Trinajstić information content (AvgIpc) is 2.57. The normalized spacial score (nSPS) is 11.1. The summed E-state index contributed by atoms with van der Waals surface area (Å²) in [5.41, 5.74) is 3.89. The highest BCUT2D eigenvalue weighted by atomic mass is 19.1. The number of phenols is 1. The van der Waals surface area contributed by atoms with Gasteiger partial charge < -0.3 is 10.4 Å². The number of phenolic OH excluding ortho intramolecular Hbond substituents is 1. The van der Waals surface area contributed by atoms with Gasteiger partial charge in [-0.15, -0.1) is 0 Å². The van der Waals surface area contributed by atoms with Crippen LogP contribution in [0.4, 0.5) is 10.1 Å². The maximum Gasteiger partial charge on any atom is 0.259 e. The van der Waals surface area contributed by atoms with Gasteiger partial charge in [-0.05, 0) is 36.8 Å². The number of benzene rings is 2. The lowest BCUT2D eigenvalue weighted by Gasteiger charge is -2.08. The molecule has 2 aromatic carbocycles. The van der Waals surface area contributed by atoms with Crippen LogP contribution in [0.1, 0.15) is 18.9 Å². The number of anilines is 1. The second-order valence-electron chi connectivity index (χ2n) is 4.83. The van der Waals surface area contributed by atoms with Crippen LogP contribution >= 0.6 is 0 Å². The molecular weight excluding hydrogens is 297 g/mol. The molecule has 3 N–H and O–H groups in total. The van der Waals surface area contributed by atoms with Crippen LogP contribution in [0.2, 0.25) is 0 Å². The van der Waals surface area contributed by atoms with E-state index in [1.54, 1.807) is 6.92 Å². The molecule has 2 aromatic rings. The van der Waals surface area contributed by atoms with Gasteiger partial charge in [0, 0.05) is 11.3 Å². The van der Waals surface area contributed by atoms with E-state index in [-0.39, 0.29) is 23.8 Å². The van der Waals surface area contributed by atoms with E-state index in [1.807, 2.05) is 30.3 Å². The highest BCUT2D eigenvalue weighted by Gasteiger charge is 2.10. The molecule has 0 spiro atoms. The van der Waals surface area contributed by atoms with Crippen LogP contribution in [-0.4, -0.2) is 23.3 Å². The lowest BCUT2D eigenvalue weighted by Crippen LogP contribution is -2.27. The summed E-state index contributed by atoms with van der Waals surface area (Å²) in [6.45, 7) is 1.86. The minimum absolute atomic E-state index is 0.0552. The van der Waals surface area contributed by atoms with Crippen LogP contribution in [0.15, 0.2) is 53.6 Å². The molecule has 2 rings (SSSR count). The molecule has 0 saturated heterocycles. The number of hydrogen-bond acceptors (Lipinski definition) is 4. The highest BCUT2D eigenvalue weighted by Crippen LogP contribution is 2.19. The van der Waals surface area contributed by atoms with Gasteiger partial charge in [-0.25, -0.2) is 9.82 Å². The molecule has 0 aliphatic heterocycles. The van der Waals surface area contributed by atoms with Gasteiger partial charge in [0.25, 0.3) is 5.91 Å². The third kappa shape index (κ3) is 4.81. The van der Waals surface area contributed by atoms with Crippen LogP contribution in [0, 0.1) is 5.82 Å². The van der Waals surface area contributed by atoms with Crippen molar-refractivity contribution in [2.45, 2.75) is 13.3 Å². The zero-order chi connectivity index (χ0) is 16.7. The average molecular weight is 315 g/mol. The molecule has 0 saturated carbocycles. The number of nitrogens with one attached hydrogen (secondary N) is 2. The fourth-order valence-corrected chi connectivity index (χ4v) is 1.98. The summed E-state index contributed by atoms with van der Waals surface area (Å²) in [7, 11) is 0. The molecule has 5 nitrogen and oxygen atoms in total. The summed E-state index contributed by atoms with van der Waals surface area (Å²) in [5.74, 6) is -0.893. The maximum atomic E-state index is 13.3. The van der Waals surface area contributed by atoms with E-state index in [1.165, 1.54) is 12.1 Å². The SMILES string of the molecule is CC/C(=N\NC(=O)CNc1ccccc1)c1cc(F)ccc1O. The largest absolute Gasteiger partial charge is 0.507 e. The predicted molar refractivity (Wildman–Crippen MR) is 88.0 cm³/mol. The first-order valence-electron chi connectivity index (χ1n) is 7.23. The van der Waals surface area contributed by atoms with Gasteiger partial charge in [0.05, 0.1) is 12.3 Å². The number of nitrogens with zero attached hydrogens (tertiary/aromatic N) is 1. The summed E-state index contributed by atoms with van der Waals surface area (Å²) in [6.07, 6.45) is 0.434. The highest BCUT2D eigenvalue weighted by molar-refractivity contribution is 6.03. The molecule has 0 aliphatic carbocycles. The lowest BCUT2D eigenvalue weighted by molar-refractivity contribution is -0.119. The minimum Gasteiger partial charge on any atom is -0.507 e. The zero-order valence-electron chi connectivity index (χ0n) is 12.7. The third-order valence-electron chi connectivity index (χ3n) is 3.15. The second kappa shape index (κ2) is 7.93. The van der Waals surface area contributed by atoms with E-state index in [2.05, 4.69) is 15.8 Å². The Morgan fingerprint density at radius 2 is 1.96 bits per heavy atom. The van der Waals surface area contributed by atoms with Gasteiger partial charge >= 0.3 is 0 Å². The Bertz CT molecular complexity index is 702. The summed E-state index contributed by atoms with van der Waals surface area (Å²) in [6, 6.07) is 12.9. The fraction of sp³-hybridized carbons (Fsp3) is 0.176. The smallest absolute Gasteiger partial charge is 0.259 e. The summed E-state index contributed by atoms with van der Waals surface area (Å²) in [4.78, 5) is 11.8. The van der Waals surface area contributed by atoms with Gasteiger partial charge in [0.15, 0.2) is 0 Å². The molecular formula is C17H18FN3O2. The summed E-state index contributed by atoms with van der Waals surface area (Å²) in [5, 5.41) is 16.7. The number of aromatic hydroxyl groups is 1. The van der Waals surface area contributed by atoms with Crippen molar-refractivity contribution in [2.24, 2.45) is 5.10 Å². The zero-order valence-corrected chi connectivity index (χ0v) is 12.7. The van der Waals surface area contributed by atoms with Crippen LogP contribution in [0.3, 0.4) is 0 Å². The molecule has 0 aromatic heterocycles. The summed E-state index contributed by atoms with van der Waals surface area (Å²) < 4.78 is 13.3. The number of carbonyl (C=O) groups is 1. The van der Waals surface area contributed by atoms with Crippen molar-refractivity contribution < 1.29 is 14.3 Å². The molecule has 1 amide bonds. The molecule has 0 bridgehead atoms. The van der Waals surface area contributed by atoms with Crippen molar-refractivity contribution in [3.63, 3.8) is 0 Å². The second-order valence-corrected chi connectivity index (χ2v) is 4.83. The monoisotopic (exact) mass is 315 g/mol. The third-order valence-corrected chi connectivity index (χ3v) is 3.15. The quantitative estimate of drug-likeness (QED) is 0.567. The number of rotatable bonds is 6. The van der Waals surface area contributed by atoms with Crippen LogP contribution in [-0.2, 0) is 4.79 Å². The Labute approximate surface area is 133 Å². The van der Waals surface area contributed by atoms with Crippen molar-refractivity contribution in [1.82, 2.24) is 5.43 Å². The number of hydrogen-bond donors (Lipinski definition) is 3. The minimum atomic E-state index is -0.476. The number of para-hydroxylation sites is 1. The Morgan fingerprint density at radius 3 is 2.65 bits per heavy atom. The molecule has 0 fully saturated rings. The lowest BCUT2D eigenvalue weighted by atomic mass is 10.1. The molecule has 0 atom stereocenters. The molecule has 6 heteroatoms. The molecule has 23 heavy (non-hydrogen) atoms. The predicted octanol–water partition coefficient (Wildman–Crippen LogP) is 2.87. The van der Waals surface area contributed by atoms with E-state index in [0.717, 1.165) is 11.8 Å². The van der Waals surface area contributed by atoms with E-state index >= 15 is 0 Å². The van der Waals surface area contributed by atoms with Crippen molar-refractivity contribution in [3.05, 3.63) is 59.9 Å². The van der Waals surface area contributed by atoms with Crippen molar-refractivity contribution >= 4 is 17.3 Å². The molecule has 120 valence electrons. The molecule has 0 aliphatic rings. The number of amides is 1. The standard InChI is InChI=1S/C17H18FN3O2/c1-2-15(14-10-12(18)8-9-16(14)22)20-21-17(23)11-19-13-6-4-3-5-7-13/h3-10,19,22H,2,11H2,1H3,(H,21,23)/b20-15+. The van der Waals surface area contributed by atoms with Crippen LogP contribution in [0.25, 0.3) is 0 Å². The molecule has 0 radical (unpaired) electrons. The number of carbonyl (C=O) groups excluding carboxylic acids is 1. The summed E-state index contributed by atoms with van der Waals surface area (Å²) >= 11 is 0. The van der Waals surface area contributed by atoms with Crippen molar-refractivity contribution in [3.8, 4) is 5.75 Å². The van der Waals surface area contributed by atoms with Gasteiger partial charge in [0.2, 0.25) is 0 Å². The van der Waals surface area contributed by atoms with E-state index in [0.29, 0.717) is 12.1 Å². The van der Waals surface area contributed by atoms with Crippen LogP contribution in [0.5, 0.6) is 5.75 Å². The Hall–Kier alpha value is -2.89. The van der Waals surface area contributed by atoms with Gasteiger partial charge in [-0.3, -0.25) is 4.79 Å². The van der Waals surface area contributed by atoms with E-state index in [4.69, 9.17) is 0 Å². The Morgan fingerprint density at radius 1 is 1.22 bits per heavy atom. The van der Waals surface area contributed by atoms with Gasteiger partial charge in [-0.1, -0.05) is 25.1 Å². The Kier molecular flexibility index (Phi) is 5.68. The van der Waals surface area contributed by atoms with Crippen molar-refractivity contribution in [2.75, 3.05) is 11.9 Å². The molecule has 0 heterocycles. The van der Waals surface area contributed by atoms with E-state index in [9.17, 15) is 14.3 Å².